The average Bonchev–Trinajstić information content (AvgIpc) is 3.17. The number of hydrogen-bond acceptors (Lipinski definition) is 4. The minimum absolute atomic E-state index is 0.0776. The highest BCUT2D eigenvalue weighted by atomic mass is 79.9. The van der Waals surface area contributed by atoms with Gasteiger partial charge in [0.25, 0.3) is 0 Å². The predicted molar refractivity (Wildman–Crippen MR) is 137 cm³/mol. The predicted octanol–water partition coefficient (Wildman–Crippen LogP) is 5.57. The van der Waals surface area contributed by atoms with Crippen LogP contribution in [0.2, 0.25) is 0 Å². The number of amides is 2. The summed E-state index contributed by atoms with van der Waals surface area (Å²) >= 11 is 3.22. The number of carboxylic acids is 1. The zero-order valence-corrected chi connectivity index (χ0v) is 20.2. The number of hydrogen-bond donors (Lipinski definition) is 3. The van der Waals surface area contributed by atoms with E-state index in [9.17, 15) is 19.5 Å². The van der Waals surface area contributed by atoms with E-state index in [0.29, 0.717) is 4.47 Å². The van der Waals surface area contributed by atoms with E-state index in [1.165, 1.54) is 18.2 Å². The van der Waals surface area contributed by atoms with E-state index in [1.54, 1.807) is 6.07 Å². The molecule has 35 heavy (non-hydrogen) atoms. The van der Waals surface area contributed by atoms with Crippen LogP contribution in [0, 0.1) is 0 Å². The maximum atomic E-state index is 12.9. The first-order valence-electron chi connectivity index (χ1n) is 10.9. The Labute approximate surface area is 210 Å². The second kappa shape index (κ2) is 10.6. The van der Waals surface area contributed by atoms with Crippen molar-refractivity contribution in [2.75, 3.05) is 11.9 Å². The Morgan fingerprint density at radius 3 is 2.26 bits per heavy atom. The van der Waals surface area contributed by atoms with Gasteiger partial charge in [0.15, 0.2) is 0 Å². The van der Waals surface area contributed by atoms with Gasteiger partial charge in [-0.05, 0) is 46.9 Å². The molecule has 1 aliphatic rings. The van der Waals surface area contributed by atoms with Crippen molar-refractivity contribution in [3.05, 3.63) is 101 Å². The van der Waals surface area contributed by atoms with Gasteiger partial charge in [-0.2, -0.15) is 0 Å². The lowest BCUT2D eigenvalue weighted by Crippen LogP contribution is -2.44. The van der Waals surface area contributed by atoms with Crippen LogP contribution in [0.5, 0.6) is 0 Å². The molecular weight excluding hydrogens is 512 g/mol. The number of rotatable bonds is 8. The molecule has 0 heterocycles. The molecule has 3 aromatic rings. The number of nitrogens with one attached hydrogen (secondary N) is 2. The van der Waals surface area contributed by atoms with Crippen LogP contribution in [-0.4, -0.2) is 35.7 Å². The van der Waals surface area contributed by atoms with Crippen LogP contribution in [0.3, 0.4) is 0 Å². The fourth-order valence-corrected chi connectivity index (χ4v) is 4.56. The minimum atomic E-state index is -1.19. The molecule has 0 bridgehead atoms. The minimum Gasteiger partial charge on any atom is -0.478 e. The van der Waals surface area contributed by atoms with Crippen molar-refractivity contribution < 1.29 is 24.2 Å². The number of carboxylic acid groups (broad SMARTS) is 1. The number of halogens is 1. The molecule has 2 amide bonds. The fourth-order valence-electron chi connectivity index (χ4n) is 4.20. The van der Waals surface area contributed by atoms with Crippen LogP contribution in [0.1, 0.15) is 33.8 Å². The monoisotopic (exact) mass is 534 g/mol. The summed E-state index contributed by atoms with van der Waals surface area (Å²) in [5.74, 6) is -1.88. The van der Waals surface area contributed by atoms with Crippen molar-refractivity contribution in [3.63, 3.8) is 0 Å². The molecule has 0 aliphatic heterocycles. The molecule has 0 radical (unpaired) electrons. The number of aromatic carboxylic acids is 1. The normalized spacial score (nSPS) is 12.7. The van der Waals surface area contributed by atoms with Gasteiger partial charge in [-0.1, -0.05) is 70.5 Å². The zero-order chi connectivity index (χ0) is 24.9. The first kappa shape index (κ1) is 24.2. The summed E-state index contributed by atoms with van der Waals surface area (Å²) in [5.41, 5.74) is 4.44. The van der Waals surface area contributed by atoms with Crippen LogP contribution in [-0.2, 0) is 9.53 Å². The summed E-state index contributed by atoms with van der Waals surface area (Å²) in [6.07, 6.45) is 0.881. The number of ether oxygens (including phenoxy) is 1. The lowest BCUT2D eigenvalue weighted by atomic mass is 9.98. The Bertz CT molecular complexity index is 1260. The standard InChI is InChI=1S/C27H23BrN2O5/c1-2-7-24(25(31)29-23-13-12-16(28)14-21(23)26(32)33)30-27(34)35-15-22-19-10-5-3-8-17(19)18-9-4-6-11-20(18)22/h2-6,8-14,22,24H,1,7,15H2,(H,29,31)(H,30,34)(H,32,33). The van der Waals surface area contributed by atoms with Gasteiger partial charge in [0.05, 0.1) is 11.3 Å². The van der Waals surface area contributed by atoms with E-state index >= 15 is 0 Å². The van der Waals surface area contributed by atoms with Crippen molar-refractivity contribution >= 4 is 39.6 Å². The summed E-state index contributed by atoms with van der Waals surface area (Å²) in [6, 6.07) is 19.5. The number of carbonyl (C=O) groups is 3. The molecule has 0 aromatic heterocycles. The molecule has 3 N–H and O–H groups in total. The molecule has 8 heteroatoms. The second-order valence-electron chi connectivity index (χ2n) is 8.03. The summed E-state index contributed by atoms with van der Waals surface area (Å²) in [5, 5.41) is 14.6. The SMILES string of the molecule is C=CCC(NC(=O)OCC1c2ccccc2-c2ccccc21)C(=O)Nc1ccc(Br)cc1C(=O)O. The molecule has 0 saturated carbocycles. The van der Waals surface area contributed by atoms with Gasteiger partial charge in [-0.15, -0.1) is 6.58 Å². The Morgan fingerprint density at radius 1 is 1.03 bits per heavy atom. The zero-order valence-electron chi connectivity index (χ0n) is 18.7. The van der Waals surface area contributed by atoms with E-state index in [1.807, 2.05) is 48.5 Å². The van der Waals surface area contributed by atoms with Crippen molar-refractivity contribution in [2.45, 2.75) is 18.4 Å². The Morgan fingerprint density at radius 2 is 1.66 bits per heavy atom. The molecular formula is C27H23BrN2O5. The summed E-state index contributed by atoms with van der Waals surface area (Å²) < 4.78 is 6.09. The van der Waals surface area contributed by atoms with Gasteiger partial charge in [0.2, 0.25) is 5.91 Å². The Hall–Kier alpha value is -3.91. The molecule has 178 valence electrons. The number of benzene rings is 3. The van der Waals surface area contributed by atoms with Crippen molar-refractivity contribution in [2.24, 2.45) is 0 Å². The van der Waals surface area contributed by atoms with E-state index < -0.39 is 24.0 Å². The largest absolute Gasteiger partial charge is 0.478 e. The number of alkyl carbamates (subject to hydrolysis) is 1. The number of fused-ring (bicyclic) bond motifs is 3. The topological polar surface area (TPSA) is 105 Å². The van der Waals surface area contributed by atoms with E-state index in [4.69, 9.17) is 4.74 Å². The Kier molecular flexibility index (Phi) is 7.31. The van der Waals surface area contributed by atoms with Crippen molar-refractivity contribution in [1.29, 1.82) is 0 Å². The summed E-state index contributed by atoms with van der Waals surface area (Å²) in [6.45, 7) is 3.75. The molecule has 1 atom stereocenters. The lowest BCUT2D eigenvalue weighted by molar-refractivity contribution is -0.118. The third-order valence-electron chi connectivity index (χ3n) is 5.82. The van der Waals surface area contributed by atoms with E-state index in [-0.39, 0.29) is 30.2 Å². The molecule has 3 aromatic carbocycles. The van der Waals surface area contributed by atoms with Gasteiger partial charge < -0.3 is 20.5 Å². The highest BCUT2D eigenvalue weighted by Crippen LogP contribution is 2.44. The van der Waals surface area contributed by atoms with Gasteiger partial charge in [0.1, 0.15) is 12.6 Å². The van der Waals surface area contributed by atoms with Crippen LogP contribution in [0.4, 0.5) is 10.5 Å². The van der Waals surface area contributed by atoms with Crippen LogP contribution in [0.25, 0.3) is 11.1 Å². The smallest absolute Gasteiger partial charge is 0.407 e. The van der Waals surface area contributed by atoms with Gasteiger partial charge in [-0.25, -0.2) is 9.59 Å². The first-order chi connectivity index (χ1) is 16.9. The fraction of sp³-hybridized carbons (Fsp3) is 0.148. The van der Waals surface area contributed by atoms with E-state index in [2.05, 4.69) is 33.1 Å². The molecule has 1 aliphatic carbocycles. The van der Waals surface area contributed by atoms with Crippen molar-refractivity contribution in [3.8, 4) is 11.1 Å². The van der Waals surface area contributed by atoms with Crippen LogP contribution >= 0.6 is 15.9 Å². The maximum Gasteiger partial charge on any atom is 0.407 e. The molecule has 0 saturated heterocycles. The van der Waals surface area contributed by atoms with Gasteiger partial charge in [0, 0.05) is 10.4 Å². The van der Waals surface area contributed by atoms with Crippen LogP contribution < -0.4 is 10.6 Å². The maximum absolute atomic E-state index is 12.9. The second-order valence-corrected chi connectivity index (χ2v) is 8.95. The van der Waals surface area contributed by atoms with Crippen LogP contribution in [0.15, 0.2) is 83.9 Å². The summed E-state index contributed by atoms with van der Waals surface area (Å²) in [7, 11) is 0. The molecule has 0 fully saturated rings. The first-order valence-corrected chi connectivity index (χ1v) is 11.7. The number of anilines is 1. The highest BCUT2D eigenvalue weighted by Gasteiger charge is 2.30. The molecule has 1 unspecified atom stereocenters. The third kappa shape index (κ3) is 5.27. The molecule has 4 rings (SSSR count). The number of carbonyl (C=O) groups excluding carboxylic acids is 2. The van der Waals surface area contributed by atoms with Crippen molar-refractivity contribution in [1.82, 2.24) is 5.32 Å². The Balaban J connectivity index is 1.43. The van der Waals surface area contributed by atoms with Gasteiger partial charge in [-0.3, -0.25) is 4.79 Å². The molecule has 0 spiro atoms. The lowest BCUT2D eigenvalue weighted by Gasteiger charge is -2.19. The van der Waals surface area contributed by atoms with E-state index in [0.717, 1.165) is 22.3 Å². The molecule has 7 nitrogen and oxygen atoms in total. The average molecular weight is 535 g/mol. The summed E-state index contributed by atoms with van der Waals surface area (Å²) in [4.78, 5) is 37.0. The van der Waals surface area contributed by atoms with Gasteiger partial charge >= 0.3 is 12.1 Å². The quantitative estimate of drug-likeness (QED) is 0.327. The third-order valence-corrected chi connectivity index (χ3v) is 6.32. The highest BCUT2D eigenvalue weighted by molar-refractivity contribution is 9.10.